The van der Waals surface area contributed by atoms with Gasteiger partial charge in [-0.3, -0.25) is 14.5 Å². The molecule has 1 heterocycles. The maximum absolute atomic E-state index is 14.0. The van der Waals surface area contributed by atoms with Crippen molar-refractivity contribution in [3.8, 4) is 5.75 Å². The Bertz CT molecular complexity index is 900. The van der Waals surface area contributed by atoms with Crippen molar-refractivity contribution < 1.29 is 18.7 Å². The number of methoxy groups -OCH3 is 1. The fourth-order valence-corrected chi connectivity index (χ4v) is 3.58. The summed E-state index contributed by atoms with van der Waals surface area (Å²) in [5, 5.41) is 2.84. The number of carbonyl (C=O) groups is 2. The van der Waals surface area contributed by atoms with E-state index in [4.69, 9.17) is 4.74 Å². The van der Waals surface area contributed by atoms with Crippen molar-refractivity contribution in [3.63, 3.8) is 0 Å². The third-order valence-corrected chi connectivity index (χ3v) is 5.35. The van der Waals surface area contributed by atoms with Crippen LogP contribution in [0.3, 0.4) is 0 Å². The number of hydrogen-bond acceptors (Lipinski definition) is 5. The highest BCUT2D eigenvalue weighted by atomic mass is 19.1. The van der Waals surface area contributed by atoms with Gasteiger partial charge in [-0.05, 0) is 30.8 Å². The average molecular weight is 429 g/mol. The summed E-state index contributed by atoms with van der Waals surface area (Å²) < 4.78 is 19.2. The summed E-state index contributed by atoms with van der Waals surface area (Å²) in [4.78, 5) is 30.7. The summed E-state index contributed by atoms with van der Waals surface area (Å²) in [7, 11) is 1.57. The van der Waals surface area contributed by atoms with Crippen LogP contribution < -0.4 is 15.0 Å². The molecule has 2 aromatic rings. The minimum absolute atomic E-state index is 0.0239. The molecular formula is C23H29FN4O3. The average Bonchev–Trinajstić information content (AvgIpc) is 2.79. The zero-order chi connectivity index (χ0) is 22.2. The third-order valence-electron chi connectivity index (χ3n) is 5.35. The highest BCUT2D eigenvalue weighted by Crippen LogP contribution is 2.20. The van der Waals surface area contributed by atoms with Gasteiger partial charge in [-0.1, -0.05) is 25.1 Å². The number of anilines is 2. The number of benzene rings is 2. The van der Waals surface area contributed by atoms with Crippen molar-refractivity contribution in [2.24, 2.45) is 0 Å². The molecule has 0 aromatic heterocycles. The Morgan fingerprint density at radius 3 is 2.48 bits per heavy atom. The van der Waals surface area contributed by atoms with Gasteiger partial charge in [0, 0.05) is 37.9 Å². The summed E-state index contributed by atoms with van der Waals surface area (Å²) in [6.45, 7) is 5.00. The predicted molar refractivity (Wildman–Crippen MR) is 119 cm³/mol. The number of rotatable bonds is 8. The summed E-state index contributed by atoms with van der Waals surface area (Å²) >= 11 is 0. The number of nitrogens with one attached hydrogen (secondary N) is 1. The first-order chi connectivity index (χ1) is 15.0. The molecule has 8 heteroatoms. The van der Waals surface area contributed by atoms with Crippen LogP contribution in [-0.2, 0) is 9.59 Å². The van der Waals surface area contributed by atoms with Gasteiger partial charge in [0.05, 0.1) is 25.9 Å². The Morgan fingerprint density at radius 2 is 1.81 bits per heavy atom. The van der Waals surface area contributed by atoms with Crippen LogP contribution in [0, 0.1) is 5.82 Å². The van der Waals surface area contributed by atoms with Gasteiger partial charge in [0.1, 0.15) is 11.6 Å². The first-order valence-corrected chi connectivity index (χ1v) is 10.4. The molecule has 1 fully saturated rings. The second-order valence-corrected chi connectivity index (χ2v) is 7.40. The van der Waals surface area contributed by atoms with Gasteiger partial charge in [0.2, 0.25) is 11.8 Å². The quantitative estimate of drug-likeness (QED) is 0.700. The van der Waals surface area contributed by atoms with Gasteiger partial charge in [0.25, 0.3) is 0 Å². The van der Waals surface area contributed by atoms with Crippen LogP contribution in [0.4, 0.5) is 15.8 Å². The van der Waals surface area contributed by atoms with Crippen molar-refractivity contribution >= 4 is 23.2 Å². The number of nitrogens with zero attached hydrogens (tertiary/aromatic N) is 3. The maximum atomic E-state index is 14.0. The lowest BCUT2D eigenvalue weighted by atomic mass is 10.2. The fourth-order valence-electron chi connectivity index (χ4n) is 3.58. The topological polar surface area (TPSA) is 65.1 Å². The molecular weight excluding hydrogens is 399 g/mol. The summed E-state index contributed by atoms with van der Waals surface area (Å²) in [5.74, 6) is 0.202. The molecule has 1 aliphatic rings. The molecule has 1 saturated heterocycles. The third kappa shape index (κ3) is 6.18. The van der Waals surface area contributed by atoms with Crippen LogP contribution in [0.15, 0.2) is 48.5 Å². The van der Waals surface area contributed by atoms with E-state index in [2.05, 4.69) is 5.32 Å². The standard InChI is InChI=1S/C23H29FN4O3/c1-3-26(16-22(29)25-18-7-6-8-19(15-18)31-2)17-23(30)28-13-11-27(12-14-28)21-10-5-4-9-20(21)24/h4-10,15H,3,11-14,16-17H2,1-2H3,(H,25,29). The van der Waals surface area contributed by atoms with E-state index >= 15 is 0 Å². The number of piperazine rings is 1. The largest absolute Gasteiger partial charge is 0.497 e. The SMILES string of the molecule is CCN(CC(=O)Nc1cccc(OC)c1)CC(=O)N1CCN(c2ccccc2F)CC1. The van der Waals surface area contributed by atoms with E-state index in [1.165, 1.54) is 6.07 Å². The molecule has 0 spiro atoms. The predicted octanol–water partition coefficient (Wildman–Crippen LogP) is 2.44. The van der Waals surface area contributed by atoms with E-state index in [9.17, 15) is 14.0 Å². The first-order valence-electron chi connectivity index (χ1n) is 10.4. The van der Waals surface area contributed by atoms with Crippen molar-refractivity contribution in [1.29, 1.82) is 0 Å². The lowest BCUT2D eigenvalue weighted by Gasteiger charge is -2.37. The van der Waals surface area contributed by atoms with Crippen molar-refractivity contribution in [1.82, 2.24) is 9.80 Å². The molecule has 0 saturated carbocycles. The molecule has 0 atom stereocenters. The molecule has 0 bridgehead atoms. The van der Waals surface area contributed by atoms with E-state index < -0.39 is 0 Å². The molecule has 0 unspecified atom stereocenters. The Kier molecular flexibility index (Phi) is 7.83. The number of likely N-dealkylation sites (N-methyl/N-ethyl adjacent to an activating group) is 1. The monoisotopic (exact) mass is 428 g/mol. The van der Waals surface area contributed by atoms with Crippen LogP contribution in [0.5, 0.6) is 5.75 Å². The second-order valence-electron chi connectivity index (χ2n) is 7.40. The molecule has 31 heavy (non-hydrogen) atoms. The Labute approximate surface area is 182 Å². The Hall–Kier alpha value is -3.13. The first kappa shape index (κ1) is 22.6. The number of hydrogen-bond donors (Lipinski definition) is 1. The number of carbonyl (C=O) groups excluding carboxylic acids is 2. The zero-order valence-electron chi connectivity index (χ0n) is 18.0. The maximum Gasteiger partial charge on any atom is 0.238 e. The van der Waals surface area contributed by atoms with E-state index in [1.807, 2.05) is 17.9 Å². The number of amides is 2. The molecule has 1 N–H and O–H groups in total. The van der Waals surface area contributed by atoms with Crippen LogP contribution >= 0.6 is 0 Å². The van der Waals surface area contributed by atoms with Crippen molar-refractivity contribution in [3.05, 3.63) is 54.3 Å². The van der Waals surface area contributed by atoms with Gasteiger partial charge < -0.3 is 19.9 Å². The van der Waals surface area contributed by atoms with Gasteiger partial charge in [-0.25, -0.2) is 4.39 Å². The fraction of sp³-hybridized carbons (Fsp3) is 0.391. The molecule has 3 rings (SSSR count). The Balaban J connectivity index is 1.48. The molecule has 7 nitrogen and oxygen atoms in total. The van der Waals surface area contributed by atoms with E-state index in [0.717, 1.165) is 0 Å². The molecule has 0 aliphatic carbocycles. The van der Waals surface area contributed by atoms with Gasteiger partial charge >= 0.3 is 0 Å². The Morgan fingerprint density at radius 1 is 1.06 bits per heavy atom. The van der Waals surface area contributed by atoms with Crippen molar-refractivity contribution in [2.45, 2.75) is 6.92 Å². The number of halogens is 1. The molecule has 2 amide bonds. The highest BCUT2D eigenvalue weighted by Gasteiger charge is 2.24. The van der Waals surface area contributed by atoms with Crippen molar-refractivity contribution in [2.75, 3.05) is 63.1 Å². The summed E-state index contributed by atoms with van der Waals surface area (Å²) in [6.07, 6.45) is 0. The number of para-hydroxylation sites is 1. The normalized spacial score (nSPS) is 13.9. The second kappa shape index (κ2) is 10.8. The highest BCUT2D eigenvalue weighted by molar-refractivity contribution is 5.92. The van der Waals surface area contributed by atoms with E-state index in [-0.39, 0.29) is 30.7 Å². The van der Waals surface area contributed by atoms with Gasteiger partial charge in [-0.2, -0.15) is 0 Å². The minimum atomic E-state index is -0.249. The lowest BCUT2D eigenvalue weighted by Crippen LogP contribution is -2.52. The minimum Gasteiger partial charge on any atom is -0.497 e. The zero-order valence-corrected chi connectivity index (χ0v) is 18.0. The van der Waals surface area contributed by atoms with E-state index in [1.54, 1.807) is 53.3 Å². The lowest BCUT2D eigenvalue weighted by molar-refractivity contribution is -0.133. The van der Waals surface area contributed by atoms with Gasteiger partial charge in [-0.15, -0.1) is 0 Å². The van der Waals surface area contributed by atoms with Crippen LogP contribution in [0.25, 0.3) is 0 Å². The summed E-state index contributed by atoms with van der Waals surface area (Å²) in [6, 6.07) is 13.8. The molecule has 1 aliphatic heterocycles. The van der Waals surface area contributed by atoms with Crippen LogP contribution in [0.2, 0.25) is 0 Å². The van der Waals surface area contributed by atoms with E-state index in [0.29, 0.717) is 49.8 Å². The molecule has 2 aromatic carbocycles. The molecule has 0 radical (unpaired) electrons. The number of ether oxygens (including phenoxy) is 1. The van der Waals surface area contributed by atoms with Gasteiger partial charge in [0.15, 0.2) is 0 Å². The smallest absolute Gasteiger partial charge is 0.238 e. The summed E-state index contributed by atoms with van der Waals surface area (Å²) in [5.41, 5.74) is 1.22. The van der Waals surface area contributed by atoms with Crippen LogP contribution in [-0.4, -0.2) is 74.5 Å². The molecule has 166 valence electrons. The van der Waals surface area contributed by atoms with Crippen LogP contribution in [0.1, 0.15) is 6.92 Å².